The smallest absolute Gasteiger partial charge is 0.258 e. The van der Waals surface area contributed by atoms with E-state index in [0.29, 0.717) is 22.1 Å². The standard InChI is InChI=1S/C20H17FN4OS/c1-13-17(19(26)25(24-13)14-7-3-2-4-8-14)18(23-20-22-11-12-27-20)15-9-5-6-10-16(15)21/h2-12,17-18H,1H3,(H,22,23)/t17-,18+/m0/s1. The first kappa shape index (κ1) is 17.4. The molecular formula is C20H17FN4OS. The van der Waals surface area contributed by atoms with E-state index in [-0.39, 0.29) is 11.7 Å². The van der Waals surface area contributed by atoms with Crippen LogP contribution in [0.3, 0.4) is 0 Å². The number of nitrogens with one attached hydrogen (secondary N) is 1. The highest BCUT2D eigenvalue weighted by molar-refractivity contribution is 7.13. The fraction of sp³-hybridized carbons (Fsp3) is 0.150. The van der Waals surface area contributed by atoms with E-state index in [1.807, 2.05) is 35.7 Å². The van der Waals surface area contributed by atoms with E-state index in [0.717, 1.165) is 0 Å². The lowest BCUT2D eigenvalue weighted by Gasteiger charge is -2.25. The van der Waals surface area contributed by atoms with Gasteiger partial charge in [0.2, 0.25) is 0 Å². The number of halogens is 1. The molecular weight excluding hydrogens is 363 g/mol. The summed E-state index contributed by atoms with van der Waals surface area (Å²) in [6.45, 7) is 1.79. The topological polar surface area (TPSA) is 57.6 Å². The Morgan fingerprint density at radius 3 is 2.59 bits per heavy atom. The van der Waals surface area contributed by atoms with Gasteiger partial charge in [0, 0.05) is 17.1 Å². The molecule has 0 bridgehead atoms. The lowest BCUT2D eigenvalue weighted by molar-refractivity contribution is -0.120. The zero-order valence-electron chi connectivity index (χ0n) is 14.5. The van der Waals surface area contributed by atoms with Gasteiger partial charge in [-0.05, 0) is 25.1 Å². The van der Waals surface area contributed by atoms with Gasteiger partial charge < -0.3 is 5.32 Å². The monoisotopic (exact) mass is 380 g/mol. The predicted molar refractivity (Wildman–Crippen MR) is 105 cm³/mol. The van der Waals surface area contributed by atoms with Gasteiger partial charge in [0.25, 0.3) is 5.91 Å². The summed E-state index contributed by atoms with van der Waals surface area (Å²) in [6.07, 6.45) is 1.67. The van der Waals surface area contributed by atoms with Crippen LogP contribution < -0.4 is 10.3 Å². The zero-order valence-corrected chi connectivity index (χ0v) is 15.4. The maximum absolute atomic E-state index is 14.6. The van der Waals surface area contributed by atoms with Crippen molar-refractivity contribution in [1.82, 2.24) is 4.98 Å². The van der Waals surface area contributed by atoms with Gasteiger partial charge >= 0.3 is 0 Å². The number of aromatic nitrogens is 1. The van der Waals surface area contributed by atoms with Gasteiger partial charge in [-0.3, -0.25) is 4.79 Å². The van der Waals surface area contributed by atoms with Crippen LogP contribution in [0.2, 0.25) is 0 Å². The summed E-state index contributed by atoms with van der Waals surface area (Å²) in [4.78, 5) is 17.4. The number of hydrogen-bond acceptors (Lipinski definition) is 5. The predicted octanol–water partition coefficient (Wildman–Crippen LogP) is 4.47. The van der Waals surface area contributed by atoms with E-state index < -0.39 is 12.0 Å². The average Bonchev–Trinajstić information content (AvgIpc) is 3.29. The molecule has 0 spiro atoms. The number of carbonyl (C=O) groups excluding carboxylic acids is 1. The summed E-state index contributed by atoms with van der Waals surface area (Å²) in [5.41, 5.74) is 1.72. The van der Waals surface area contributed by atoms with Crippen LogP contribution in [0.1, 0.15) is 18.5 Å². The number of amides is 1. The van der Waals surface area contributed by atoms with E-state index >= 15 is 0 Å². The lowest BCUT2D eigenvalue weighted by Crippen LogP contribution is -2.35. The van der Waals surface area contributed by atoms with Gasteiger partial charge in [0.1, 0.15) is 11.7 Å². The van der Waals surface area contributed by atoms with Gasteiger partial charge in [-0.15, -0.1) is 11.3 Å². The summed E-state index contributed by atoms with van der Waals surface area (Å²) in [5, 5.41) is 11.5. The molecule has 3 aromatic rings. The highest BCUT2D eigenvalue weighted by Gasteiger charge is 2.41. The Kier molecular flexibility index (Phi) is 4.68. The number of benzene rings is 2. The van der Waals surface area contributed by atoms with E-state index in [4.69, 9.17) is 0 Å². The molecule has 1 amide bonds. The van der Waals surface area contributed by atoms with Crippen LogP contribution in [0.4, 0.5) is 15.2 Å². The van der Waals surface area contributed by atoms with Crippen molar-refractivity contribution in [2.24, 2.45) is 11.0 Å². The molecule has 1 aliphatic heterocycles. The van der Waals surface area contributed by atoms with Crippen molar-refractivity contribution >= 4 is 33.8 Å². The molecule has 27 heavy (non-hydrogen) atoms. The Morgan fingerprint density at radius 1 is 1.15 bits per heavy atom. The highest BCUT2D eigenvalue weighted by Crippen LogP contribution is 2.36. The van der Waals surface area contributed by atoms with Crippen LogP contribution >= 0.6 is 11.3 Å². The van der Waals surface area contributed by atoms with Gasteiger partial charge in [0.15, 0.2) is 5.13 Å². The number of anilines is 2. The first-order valence-corrected chi connectivity index (χ1v) is 9.37. The third-order valence-corrected chi connectivity index (χ3v) is 5.17. The molecule has 2 aromatic carbocycles. The molecule has 0 saturated carbocycles. The average molecular weight is 380 g/mol. The Labute approximate surface area is 160 Å². The summed E-state index contributed by atoms with van der Waals surface area (Å²) < 4.78 is 14.6. The van der Waals surface area contributed by atoms with Crippen molar-refractivity contribution in [2.45, 2.75) is 13.0 Å². The number of para-hydroxylation sites is 1. The summed E-state index contributed by atoms with van der Waals surface area (Å²) in [6, 6.07) is 15.1. The van der Waals surface area contributed by atoms with Crippen LogP contribution in [-0.4, -0.2) is 16.6 Å². The van der Waals surface area contributed by atoms with Crippen molar-refractivity contribution in [3.63, 3.8) is 0 Å². The van der Waals surface area contributed by atoms with Crippen molar-refractivity contribution in [1.29, 1.82) is 0 Å². The second-order valence-corrected chi connectivity index (χ2v) is 7.08. The first-order chi connectivity index (χ1) is 13.1. The quantitative estimate of drug-likeness (QED) is 0.710. The SMILES string of the molecule is CC1=NN(c2ccccc2)C(=O)[C@@H]1[C@H](Nc1nccs1)c1ccccc1F. The largest absolute Gasteiger partial charge is 0.353 e. The van der Waals surface area contributed by atoms with Gasteiger partial charge in [-0.1, -0.05) is 36.4 Å². The lowest BCUT2D eigenvalue weighted by atomic mass is 9.89. The normalized spacial score (nSPS) is 17.7. The van der Waals surface area contributed by atoms with E-state index in [2.05, 4.69) is 15.4 Å². The Morgan fingerprint density at radius 2 is 1.89 bits per heavy atom. The number of nitrogens with zero attached hydrogens (tertiary/aromatic N) is 3. The minimum atomic E-state index is -0.633. The first-order valence-electron chi connectivity index (χ1n) is 8.49. The van der Waals surface area contributed by atoms with Crippen LogP contribution in [0.15, 0.2) is 71.3 Å². The molecule has 0 saturated heterocycles. The van der Waals surface area contributed by atoms with Crippen LogP contribution in [0.5, 0.6) is 0 Å². The molecule has 1 N–H and O–H groups in total. The molecule has 7 heteroatoms. The molecule has 1 aliphatic rings. The van der Waals surface area contributed by atoms with E-state index in [1.54, 1.807) is 31.3 Å². The highest BCUT2D eigenvalue weighted by atomic mass is 32.1. The Balaban J connectivity index is 1.73. The minimum Gasteiger partial charge on any atom is -0.353 e. The van der Waals surface area contributed by atoms with Crippen LogP contribution in [-0.2, 0) is 4.79 Å². The van der Waals surface area contributed by atoms with E-state index in [1.165, 1.54) is 22.4 Å². The number of hydrogen-bond donors (Lipinski definition) is 1. The van der Waals surface area contributed by atoms with E-state index in [9.17, 15) is 9.18 Å². The molecule has 0 aliphatic carbocycles. The fourth-order valence-corrected chi connectivity index (χ4v) is 3.78. The molecule has 136 valence electrons. The molecule has 2 atom stereocenters. The summed E-state index contributed by atoms with van der Waals surface area (Å²) in [5.74, 6) is -1.20. The van der Waals surface area contributed by atoms with Gasteiger partial charge in [0.05, 0.1) is 17.4 Å². The van der Waals surface area contributed by atoms with Gasteiger partial charge in [-0.2, -0.15) is 5.10 Å². The molecule has 0 fully saturated rings. The van der Waals surface area contributed by atoms with Crippen molar-refractivity contribution in [3.05, 3.63) is 77.6 Å². The zero-order chi connectivity index (χ0) is 18.8. The third-order valence-electron chi connectivity index (χ3n) is 4.47. The number of carbonyl (C=O) groups is 1. The molecule has 2 heterocycles. The van der Waals surface area contributed by atoms with Crippen molar-refractivity contribution in [2.75, 3.05) is 10.3 Å². The molecule has 4 rings (SSSR count). The fourth-order valence-electron chi connectivity index (χ4n) is 3.21. The van der Waals surface area contributed by atoms with Crippen LogP contribution in [0.25, 0.3) is 0 Å². The molecule has 0 radical (unpaired) electrons. The molecule has 5 nitrogen and oxygen atoms in total. The maximum Gasteiger partial charge on any atom is 0.258 e. The number of hydrazone groups is 1. The summed E-state index contributed by atoms with van der Waals surface area (Å²) >= 11 is 1.40. The number of thiazole rings is 1. The molecule has 0 unspecified atom stereocenters. The summed E-state index contributed by atoms with van der Waals surface area (Å²) in [7, 11) is 0. The van der Waals surface area contributed by atoms with Crippen molar-refractivity contribution < 1.29 is 9.18 Å². The Bertz CT molecular complexity index is 975. The maximum atomic E-state index is 14.6. The number of rotatable bonds is 5. The van der Waals surface area contributed by atoms with Crippen LogP contribution in [0, 0.1) is 11.7 Å². The third kappa shape index (κ3) is 3.33. The van der Waals surface area contributed by atoms with Gasteiger partial charge in [-0.25, -0.2) is 14.4 Å². The second kappa shape index (κ2) is 7.28. The Hall–Kier alpha value is -3.06. The van der Waals surface area contributed by atoms with Crippen molar-refractivity contribution in [3.8, 4) is 0 Å². The minimum absolute atomic E-state index is 0.198. The second-order valence-electron chi connectivity index (χ2n) is 6.19. The molecule has 1 aromatic heterocycles.